The Balaban J connectivity index is 1.98. The van der Waals surface area contributed by atoms with E-state index in [1.165, 1.54) is 23.1 Å². The van der Waals surface area contributed by atoms with Crippen LogP contribution in [0.25, 0.3) is 16.9 Å². The number of tetrazole rings is 1. The largest absolute Gasteiger partial charge is 0.480 e. The van der Waals surface area contributed by atoms with Crippen LogP contribution in [0.1, 0.15) is 31.1 Å². The summed E-state index contributed by atoms with van der Waals surface area (Å²) >= 11 is 5.92. The molecule has 3 heterocycles. The van der Waals surface area contributed by atoms with Crippen molar-refractivity contribution in [1.29, 1.82) is 0 Å². The molecule has 0 aliphatic carbocycles. The summed E-state index contributed by atoms with van der Waals surface area (Å²) in [6.45, 7) is 1.77. The minimum absolute atomic E-state index is 0.0367. The summed E-state index contributed by atoms with van der Waals surface area (Å²) in [5.41, 5.74) is -0.330. The SMILES string of the molecule is C[C@@H]1CC(C(=O)O)n2c1nc(-c1c(-n3cnnn3)ccc(Cl)c1F)cc2=O. The smallest absolute Gasteiger partial charge is 0.326 e. The highest BCUT2D eigenvalue weighted by Gasteiger charge is 2.35. The lowest BCUT2D eigenvalue weighted by Crippen LogP contribution is -2.28. The van der Waals surface area contributed by atoms with Gasteiger partial charge in [-0.3, -0.25) is 9.36 Å². The predicted molar refractivity (Wildman–Crippen MR) is 91.3 cm³/mol. The fourth-order valence-electron chi connectivity index (χ4n) is 3.30. The van der Waals surface area contributed by atoms with Crippen molar-refractivity contribution in [2.75, 3.05) is 0 Å². The van der Waals surface area contributed by atoms with Crippen LogP contribution < -0.4 is 5.56 Å². The molecular weight excluding hydrogens is 379 g/mol. The molecule has 2 aromatic heterocycles. The van der Waals surface area contributed by atoms with Crippen molar-refractivity contribution in [2.24, 2.45) is 0 Å². The number of rotatable bonds is 3. The molecular formula is C16H12ClFN6O3. The molecule has 4 rings (SSSR count). The van der Waals surface area contributed by atoms with Gasteiger partial charge in [0.25, 0.3) is 5.56 Å². The Morgan fingerprint density at radius 3 is 2.85 bits per heavy atom. The Morgan fingerprint density at radius 2 is 2.19 bits per heavy atom. The topological polar surface area (TPSA) is 116 Å². The second-order valence-corrected chi connectivity index (χ2v) is 6.62. The standard InChI is InChI=1S/C16H12ClFN6O3/c1-7-4-11(16(26)27)24-12(25)5-9(20-15(7)24)13-10(23-6-19-21-22-23)3-2-8(17)14(13)18/h2-3,5-7,11H,4H2,1H3,(H,26,27)/t7-,11?/m1/s1. The highest BCUT2D eigenvalue weighted by Crippen LogP contribution is 2.36. The monoisotopic (exact) mass is 390 g/mol. The molecule has 1 aromatic carbocycles. The van der Waals surface area contributed by atoms with Gasteiger partial charge in [0.15, 0.2) is 5.82 Å². The van der Waals surface area contributed by atoms with Gasteiger partial charge in [-0.05, 0) is 29.0 Å². The molecule has 0 amide bonds. The van der Waals surface area contributed by atoms with Gasteiger partial charge < -0.3 is 5.11 Å². The quantitative estimate of drug-likeness (QED) is 0.724. The molecule has 0 saturated heterocycles. The van der Waals surface area contributed by atoms with Gasteiger partial charge in [-0.25, -0.2) is 14.2 Å². The summed E-state index contributed by atoms with van der Waals surface area (Å²) in [6.07, 6.45) is 1.51. The van der Waals surface area contributed by atoms with Crippen molar-refractivity contribution in [2.45, 2.75) is 25.3 Å². The van der Waals surface area contributed by atoms with Crippen molar-refractivity contribution >= 4 is 17.6 Å². The number of aromatic nitrogens is 6. The lowest BCUT2D eigenvalue weighted by Gasteiger charge is -2.14. The molecule has 0 fully saturated rings. The number of carboxylic acid groups (broad SMARTS) is 1. The first-order valence-corrected chi connectivity index (χ1v) is 8.34. The van der Waals surface area contributed by atoms with Gasteiger partial charge in [-0.1, -0.05) is 18.5 Å². The molecule has 11 heteroatoms. The third-order valence-electron chi connectivity index (χ3n) is 4.52. The van der Waals surface area contributed by atoms with E-state index in [2.05, 4.69) is 20.5 Å². The third-order valence-corrected chi connectivity index (χ3v) is 4.81. The van der Waals surface area contributed by atoms with E-state index in [9.17, 15) is 19.1 Å². The zero-order chi connectivity index (χ0) is 19.3. The molecule has 1 N–H and O–H groups in total. The normalized spacial score (nSPS) is 18.5. The first-order valence-electron chi connectivity index (χ1n) is 7.96. The van der Waals surface area contributed by atoms with E-state index in [-0.39, 0.29) is 40.1 Å². The Bertz CT molecular complexity index is 1110. The van der Waals surface area contributed by atoms with E-state index in [0.29, 0.717) is 0 Å². The average Bonchev–Trinajstić information content (AvgIpc) is 3.26. The van der Waals surface area contributed by atoms with Gasteiger partial charge in [0.05, 0.1) is 22.0 Å². The van der Waals surface area contributed by atoms with Crippen molar-refractivity contribution in [3.05, 3.63) is 51.5 Å². The maximum absolute atomic E-state index is 14.9. The van der Waals surface area contributed by atoms with Crippen LogP contribution in [0.4, 0.5) is 4.39 Å². The number of nitrogens with zero attached hydrogens (tertiary/aromatic N) is 6. The summed E-state index contributed by atoms with van der Waals surface area (Å²) in [7, 11) is 0. The summed E-state index contributed by atoms with van der Waals surface area (Å²) in [4.78, 5) is 28.4. The number of halogens is 2. The van der Waals surface area contributed by atoms with E-state index in [1.807, 2.05) is 0 Å². The Hall–Kier alpha value is -3.14. The van der Waals surface area contributed by atoms with Crippen LogP contribution in [0.5, 0.6) is 0 Å². The van der Waals surface area contributed by atoms with Crippen molar-refractivity contribution < 1.29 is 14.3 Å². The lowest BCUT2D eigenvalue weighted by molar-refractivity contribution is -0.140. The maximum atomic E-state index is 14.9. The van der Waals surface area contributed by atoms with Gasteiger partial charge in [0, 0.05) is 12.0 Å². The number of carbonyl (C=O) groups is 1. The molecule has 9 nitrogen and oxygen atoms in total. The molecule has 1 aliphatic heterocycles. The molecule has 0 spiro atoms. The molecule has 2 atom stereocenters. The van der Waals surface area contributed by atoms with E-state index in [4.69, 9.17) is 11.6 Å². The summed E-state index contributed by atoms with van der Waals surface area (Å²) < 4.78 is 17.2. The maximum Gasteiger partial charge on any atom is 0.326 e. The number of benzene rings is 1. The minimum atomic E-state index is -1.11. The molecule has 0 radical (unpaired) electrons. The zero-order valence-corrected chi connectivity index (χ0v) is 14.6. The van der Waals surface area contributed by atoms with Crippen LogP contribution >= 0.6 is 11.6 Å². The summed E-state index contributed by atoms with van der Waals surface area (Å²) in [6, 6.07) is 2.96. The Labute approximate surface area is 156 Å². The molecule has 1 unspecified atom stereocenters. The molecule has 1 aliphatic rings. The average molecular weight is 391 g/mol. The van der Waals surface area contributed by atoms with Crippen LogP contribution in [0, 0.1) is 5.82 Å². The Kier molecular flexibility index (Phi) is 3.99. The first kappa shape index (κ1) is 17.3. The van der Waals surface area contributed by atoms with Crippen LogP contribution in [0.2, 0.25) is 5.02 Å². The molecule has 0 bridgehead atoms. The van der Waals surface area contributed by atoms with Gasteiger partial charge >= 0.3 is 5.97 Å². The minimum Gasteiger partial charge on any atom is -0.480 e. The fraction of sp³-hybridized carbons (Fsp3) is 0.250. The van der Waals surface area contributed by atoms with Gasteiger partial charge in [0.1, 0.15) is 18.2 Å². The van der Waals surface area contributed by atoms with Crippen LogP contribution in [0.15, 0.2) is 29.3 Å². The molecule has 27 heavy (non-hydrogen) atoms. The second kappa shape index (κ2) is 6.23. The third kappa shape index (κ3) is 2.69. The van der Waals surface area contributed by atoms with Gasteiger partial charge in [0.2, 0.25) is 0 Å². The number of aliphatic carboxylic acids is 1. The second-order valence-electron chi connectivity index (χ2n) is 6.21. The van der Waals surface area contributed by atoms with Crippen LogP contribution in [-0.4, -0.2) is 40.8 Å². The van der Waals surface area contributed by atoms with Crippen molar-refractivity contribution in [3.8, 4) is 16.9 Å². The van der Waals surface area contributed by atoms with Crippen LogP contribution in [-0.2, 0) is 4.79 Å². The van der Waals surface area contributed by atoms with E-state index in [0.717, 1.165) is 10.6 Å². The Morgan fingerprint density at radius 1 is 1.41 bits per heavy atom. The fourth-order valence-corrected chi connectivity index (χ4v) is 3.46. The molecule has 0 saturated carbocycles. The van der Waals surface area contributed by atoms with Crippen LogP contribution in [0.3, 0.4) is 0 Å². The number of fused-ring (bicyclic) bond motifs is 1. The van der Waals surface area contributed by atoms with E-state index < -0.39 is 23.4 Å². The highest BCUT2D eigenvalue weighted by molar-refractivity contribution is 6.31. The summed E-state index contributed by atoms with van der Waals surface area (Å²) in [5, 5.41) is 20.0. The van der Waals surface area contributed by atoms with E-state index >= 15 is 0 Å². The lowest BCUT2D eigenvalue weighted by atomic mass is 10.1. The first-order chi connectivity index (χ1) is 12.9. The zero-order valence-electron chi connectivity index (χ0n) is 13.9. The number of hydrogen-bond acceptors (Lipinski definition) is 6. The van der Waals surface area contributed by atoms with Gasteiger partial charge in [-0.15, -0.1) is 5.10 Å². The predicted octanol–water partition coefficient (Wildman–Crippen LogP) is 1.81. The number of hydrogen-bond donors (Lipinski definition) is 1. The van der Waals surface area contributed by atoms with Crippen molar-refractivity contribution in [3.63, 3.8) is 0 Å². The molecule has 3 aromatic rings. The summed E-state index contributed by atoms with van der Waals surface area (Å²) in [5.74, 6) is -1.88. The van der Waals surface area contributed by atoms with Gasteiger partial charge in [-0.2, -0.15) is 4.68 Å². The van der Waals surface area contributed by atoms with Crippen molar-refractivity contribution in [1.82, 2.24) is 29.8 Å². The number of carboxylic acids is 1. The molecule has 138 valence electrons. The highest BCUT2D eigenvalue weighted by atomic mass is 35.5. The van der Waals surface area contributed by atoms with E-state index in [1.54, 1.807) is 6.92 Å².